The molecule has 88 valence electrons. The van der Waals surface area contributed by atoms with E-state index >= 15 is 0 Å². The van der Waals surface area contributed by atoms with E-state index in [0.717, 1.165) is 32.4 Å². The fourth-order valence-electron chi connectivity index (χ4n) is 2.39. The quantitative estimate of drug-likeness (QED) is 0.836. The number of hydrogen-bond donors (Lipinski definition) is 1. The Hall–Kier alpha value is -0.930. The minimum Gasteiger partial charge on any atom is -0.328 e. The maximum Gasteiger partial charge on any atom is 0.0416 e. The van der Waals surface area contributed by atoms with E-state index in [2.05, 4.69) is 28.9 Å². The second kappa shape index (κ2) is 5.41. The summed E-state index contributed by atoms with van der Waals surface area (Å²) in [6, 6.07) is 7.14. The van der Waals surface area contributed by atoms with Crippen LogP contribution in [0.25, 0.3) is 0 Å². The summed E-state index contributed by atoms with van der Waals surface area (Å²) in [6.07, 6.45) is 5.17. The van der Waals surface area contributed by atoms with Gasteiger partial charge >= 0.3 is 0 Å². The van der Waals surface area contributed by atoms with Crippen molar-refractivity contribution in [1.29, 1.82) is 0 Å². The Morgan fingerprint density at radius 3 is 3.06 bits per heavy atom. The van der Waals surface area contributed by atoms with Crippen LogP contribution in [0, 0.1) is 0 Å². The van der Waals surface area contributed by atoms with Crippen LogP contribution >= 0.6 is 0 Å². The van der Waals surface area contributed by atoms with Crippen molar-refractivity contribution in [3.63, 3.8) is 0 Å². The Kier molecular flexibility index (Phi) is 3.91. The van der Waals surface area contributed by atoms with Crippen molar-refractivity contribution >= 4 is 0 Å². The van der Waals surface area contributed by atoms with Crippen molar-refractivity contribution in [2.75, 3.05) is 13.1 Å². The van der Waals surface area contributed by atoms with Crippen molar-refractivity contribution in [2.45, 2.75) is 38.3 Å². The number of hydrogen-bond acceptors (Lipinski definition) is 3. The third kappa shape index (κ3) is 3.03. The first-order chi connectivity index (χ1) is 7.75. The van der Waals surface area contributed by atoms with E-state index in [1.54, 1.807) is 0 Å². The average molecular weight is 219 g/mol. The van der Waals surface area contributed by atoms with Crippen LogP contribution in [0.2, 0.25) is 0 Å². The zero-order chi connectivity index (χ0) is 11.4. The lowest BCUT2D eigenvalue weighted by Gasteiger charge is -2.36. The van der Waals surface area contributed by atoms with E-state index in [9.17, 15) is 0 Å². The van der Waals surface area contributed by atoms with Gasteiger partial charge in [-0.05, 0) is 38.4 Å². The molecule has 2 rings (SSSR count). The zero-order valence-corrected chi connectivity index (χ0v) is 9.97. The number of piperidine rings is 1. The van der Waals surface area contributed by atoms with E-state index in [4.69, 9.17) is 5.73 Å². The van der Waals surface area contributed by atoms with Crippen molar-refractivity contribution in [3.8, 4) is 0 Å². The molecule has 0 radical (unpaired) electrons. The van der Waals surface area contributed by atoms with E-state index in [0.29, 0.717) is 12.1 Å². The van der Waals surface area contributed by atoms with Crippen LogP contribution < -0.4 is 5.73 Å². The Morgan fingerprint density at radius 2 is 2.38 bits per heavy atom. The van der Waals surface area contributed by atoms with Crippen molar-refractivity contribution < 1.29 is 0 Å². The molecule has 2 N–H and O–H groups in total. The minimum atomic E-state index is 0.404. The summed E-state index contributed by atoms with van der Waals surface area (Å²) in [4.78, 5) is 6.88. The summed E-state index contributed by atoms with van der Waals surface area (Å²) in [6.45, 7) is 4.51. The van der Waals surface area contributed by atoms with E-state index < -0.39 is 0 Å². The van der Waals surface area contributed by atoms with Gasteiger partial charge in [-0.3, -0.25) is 4.98 Å². The molecule has 2 heterocycles. The smallest absolute Gasteiger partial charge is 0.0416 e. The van der Waals surface area contributed by atoms with E-state index in [1.165, 1.54) is 5.69 Å². The predicted octanol–water partition coefficient (Wildman–Crippen LogP) is 1.44. The maximum absolute atomic E-state index is 5.96. The first-order valence-corrected chi connectivity index (χ1v) is 6.15. The van der Waals surface area contributed by atoms with Gasteiger partial charge in [-0.1, -0.05) is 6.07 Å². The molecule has 2 unspecified atom stereocenters. The molecule has 1 saturated heterocycles. The lowest BCUT2D eigenvalue weighted by atomic mass is 9.99. The summed E-state index contributed by atoms with van der Waals surface area (Å²) in [5.41, 5.74) is 7.14. The average Bonchev–Trinajstić information content (AvgIpc) is 2.29. The SMILES string of the molecule is CC1CC(N)CCN1CCc1ccccn1. The van der Waals surface area contributed by atoms with Gasteiger partial charge in [0, 0.05) is 36.9 Å². The molecule has 3 nitrogen and oxygen atoms in total. The van der Waals surface area contributed by atoms with E-state index in [-0.39, 0.29) is 0 Å². The van der Waals surface area contributed by atoms with Crippen LogP contribution in [0.1, 0.15) is 25.5 Å². The molecule has 0 spiro atoms. The van der Waals surface area contributed by atoms with Crippen LogP contribution in [0.15, 0.2) is 24.4 Å². The second-order valence-corrected chi connectivity index (χ2v) is 4.74. The number of rotatable bonds is 3. The highest BCUT2D eigenvalue weighted by molar-refractivity contribution is 5.04. The topological polar surface area (TPSA) is 42.1 Å². The largest absolute Gasteiger partial charge is 0.328 e. The third-order valence-corrected chi connectivity index (χ3v) is 3.44. The van der Waals surface area contributed by atoms with Gasteiger partial charge in [-0.15, -0.1) is 0 Å². The molecule has 1 aromatic heterocycles. The summed E-state index contributed by atoms with van der Waals surface area (Å²) in [7, 11) is 0. The molecular formula is C13H21N3. The molecule has 0 aromatic carbocycles. The van der Waals surface area contributed by atoms with Gasteiger partial charge in [0.1, 0.15) is 0 Å². The fourth-order valence-corrected chi connectivity index (χ4v) is 2.39. The monoisotopic (exact) mass is 219 g/mol. The highest BCUT2D eigenvalue weighted by Gasteiger charge is 2.22. The highest BCUT2D eigenvalue weighted by Crippen LogP contribution is 2.15. The standard InChI is InChI=1S/C13H21N3/c1-11-10-12(14)5-8-16(11)9-6-13-4-2-3-7-15-13/h2-4,7,11-12H,5-6,8-10,14H2,1H3. The maximum atomic E-state index is 5.96. The zero-order valence-electron chi connectivity index (χ0n) is 9.97. The van der Waals surface area contributed by atoms with Crippen LogP contribution in [0.4, 0.5) is 0 Å². The molecule has 1 aliphatic rings. The van der Waals surface area contributed by atoms with Crippen molar-refractivity contribution in [1.82, 2.24) is 9.88 Å². The Balaban J connectivity index is 1.82. The van der Waals surface area contributed by atoms with Gasteiger partial charge in [-0.2, -0.15) is 0 Å². The fraction of sp³-hybridized carbons (Fsp3) is 0.615. The molecule has 0 saturated carbocycles. The summed E-state index contributed by atoms with van der Waals surface area (Å²) in [5.74, 6) is 0. The lowest BCUT2D eigenvalue weighted by molar-refractivity contribution is 0.149. The predicted molar refractivity (Wildman–Crippen MR) is 66.2 cm³/mol. The molecule has 0 aliphatic carbocycles. The molecule has 0 bridgehead atoms. The summed E-state index contributed by atoms with van der Waals surface area (Å²) >= 11 is 0. The van der Waals surface area contributed by atoms with Gasteiger partial charge in [-0.25, -0.2) is 0 Å². The Morgan fingerprint density at radius 1 is 1.50 bits per heavy atom. The van der Waals surface area contributed by atoms with Crippen LogP contribution in [0.3, 0.4) is 0 Å². The van der Waals surface area contributed by atoms with Crippen LogP contribution in [-0.2, 0) is 6.42 Å². The number of pyridine rings is 1. The van der Waals surface area contributed by atoms with Crippen LogP contribution in [0.5, 0.6) is 0 Å². The van der Waals surface area contributed by atoms with Gasteiger partial charge < -0.3 is 10.6 Å². The lowest BCUT2D eigenvalue weighted by Crippen LogP contribution is -2.46. The van der Waals surface area contributed by atoms with Crippen molar-refractivity contribution in [2.24, 2.45) is 5.73 Å². The third-order valence-electron chi connectivity index (χ3n) is 3.44. The molecule has 3 heteroatoms. The highest BCUT2D eigenvalue weighted by atomic mass is 15.2. The molecule has 16 heavy (non-hydrogen) atoms. The second-order valence-electron chi connectivity index (χ2n) is 4.74. The number of nitrogens with zero attached hydrogens (tertiary/aromatic N) is 2. The summed E-state index contributed by atoms with van der Waals surface area (Å²) < 4.78 is 0. The number of nitrogens with two attached hydrogens (primary N) is 1. The number of aromatic nitrogens is 1. The van der Waals surface area contributed by atoms with E-state index in [1.807, 2.05) is 12.3 Å². The molecular weight excluding hydrogens is 198 g/mol. The van der Waals surface area contributed by atoms with Gasteiger partial charge in [0.2, 0.25) is 0 Å². The summed E-state index contributed by atoms with van der Waals surface area (Å²) in [5, 5.41) is 0. The normalized spacial score (nSPS) is 26.9. The Labute approximate surface area is 97.7 Å². The number of likely N-dealkylation sites (tertiary alicyclic amines) is 1. The van der Waals surface area contributed by atoms with Gasteiger partial charge in [0.05, 0.1) is 0 Å². The van der Waals surface area contributed by atoms with Crippen molar-refractivity contribution in [3.05, 3.63) is 30.1 Å². The van der Waals surface area contributed by atoms with Gasteiger partial charge in [0.25, 0.3) is 0 Å². The molecule has 1 aliphatic heterocycles. The molecule has 2 atom stereocenters. The minimum absolute atomic E-state index is 0.404. The first-order valence-electron chi connectivity index (χ1n) is 6.15. The molecule has 1 fully saturated rings. The van der Waals surface area contributed by atoms with Crippen LogP contribution in [-0.4, -0.2) is 35.1 Å². The first kappa shape index (κ1) is 11.6. The van der Waals surface area contributed by atoms with Gasteiger partial charge in [0.15, 0.2) is 0 Å². The molecule has 1 aromatic rings. The molecule has 0 amide bonds. The Bertz CT molecular complexity index is 312.